The first-order valence-electron chi connectivity index (χ1n) is 7.61. The molecule has 0 spiro atoms. The predicted octanol–water partition coefficient (Wildman–Crippen LogP) is 2.26. The number of nitrogens with zero attached hydrogens (tertiary/aromatic N) is 4. The number of benzene rings is 1. The van der Waals surface area contributed by atoms with E-state index < -0.39 is 12.5 Å². The Kier molecular flexibility index (Phi) is 3.16. The fourth-order valence-electron chi connectivity index (χ4n) is 2.92. The number of H-pyrrole nitrogens is 1. The number of aryl methyl sites for hydroxylation is 1. The molecule has 1 aliphatic heterocycles. The number of para-hydroxylation sites is 1. The molecule has 0 aliphatic carbocycles. The van der Waals surface area contributed by atoms with Crippen molar-refractivity contribution in [2.75, 3.05) is 18.0 Å². The van der Waals surface area contributed by atoms with Crippen molar-refractivity contribution in [1.82, 2.24) is 19.7 Å². The highest BCUT2D eigenvalue weighted by Gasteiger charge is 2.39. The Morgan fingerprint density at radius 2 is 2.08 bits per heavy atom. The van der Waals surface area contributed by atoms with Crippen molar-refractivity contribution in [3.63, 3.8) is 0 Å². The zero-order chi connectivity index (χ0) is 16.9. The Bertz CT molecular complexity index is 978. The monoisotopic (exact) mass is 331 g/mol. The molecular formula is C16H15F2N5O. The van der Waals surface area contributed by atoms with Crippen molar-refractivity contribution in [1.29, 1.82) is 0 Å². The zero-order valence-corrected chi connectivity index (χ0v) is 13.0. The van der Waals surface area contributed by atoms with Gasteiger partial charge in [-0.1, -0.05) is 18.2 Å². The Labute approximate surface area is 135 Å². The minimum Gasteiger partial charge on any atom is -0.336 e. The summed E-state index contributed by atoms with van der Waals surface area (Å²) in [6.45, 7) is 1.65. The molecule has 8 heteroatoms. The number of hydrogen-bond donors (Lipinski definition) is 1. The van der Waals surface area contributed by atoms with Crippen molar-refractivity contribution in [3.05, 3.63) is 46.4 Å². The minimum atomic E-state index is -2.76. The molecule has 0 amide bonds. The summed E-state index contributed by atoms with van der Waals surface area (Å²) in [7, 11) is 0. The molecule has 0 bridgehead atoms. The number of aromatic amines is 1. The summed E-state index contributed by atoms with van der Waals surface area (Å²) in [5.74, 6) is -2.62. The molecule has 1 saturated heterocycles. The summed E-state index contributed by atoms with van der Waals surface area (Å²) >= 11 is 0. The molecule has 0 unspecified atom stereocenters. The van der Waals surface area contributed by atoms with Crippen molar-refractivity contribution in [2.24, 2.45) is 0 Å². The van der Waals surface area contributed by atoms with E-state index in [-0.39, 0.29) is 30.1 Å². The smallest absolute Gasteiger partial charge is 0.267 e. The summed E-state index contributed by atoms with van der Waals surface area (Å²) in [5, 5.41) is 4.67. The molecule has 0 radical (unpaired) electrons. The van der Waals surface area contributed by atoms with Crippen LogP contribution in [-0.4, -0.2) is 38.8 Å². The summed E-state index contributed by atoms with van der Waals surface area (Å²) in [4.78, 5) is 20.5. The van der Waals surface area contributed by atoms with Crippen LogP contribution >= 0.6 is 0 Å². The number of fused-ring (bicyclic) bond motifs is 1. The molecule has 1 N–H and O–H groups in total. The molecule has 124 valence electrons. The fraction of sp³-hybridized carbons (Fsp3) is 0.312. The normalized spacial score (nSPS) is 16.9. The van der Waals surface area contributed by atoms with E-state index in [1.807, 2.05) is 31.2 Å². The van der Waals surface area contributed by atoms with Crippen LogP contribution in [0.1, 0.15) is 12.0 Å². The number of rotatable bonds is 2. The fourth-order valence-corrected chi connectivity index (χ4v) is 2.92. The standard InChI is InChI=1S/C16H15F2N5O/c1-10-4-2-3-5-12(10)23-8-11-13(21-23)19-15(20-14(11)24)22-7-6-16(17,18)9-22/h2-5,8H,6-7,9H2,1H3,(H,19,20,21,24). The van der Waals surface area contributed by atoms with E-state index in [9.17, 15) is 13.6 Å². The maximum atomic E-state index is 13.4. The van der Waals surface area contributed by atoms with Gasteiger partial charge in [-0.05, 0) is 18.6 Å². The lowest BCUT2D eigenvalue weighted by molar-refractivity contribution is 0.0256. The minimum absolute atomic E-state index is 0.139. The van der Waals surface area contributed by atoms with Gasteiger partial charge in [-0.25, -0.2) is 13.5 Å². The summed E-state index contributed by atoms with van der Waals surface area (Å²) in [6.07, 6.45) is 1.36. The van der Waals surface area contributed by atoms with E-state index in [4.69, 9.17) is 0 Å². The Hall–Kier alpha value is -2.77. The number of alkyl halides is 2. The van der Waals surface area contributed by atoms with Gasteiger partial charge in [-0.15, -0.1) is 5.10 Å². The van der Waals surface area contributed by atoms with Gasteiger partial charge in [0.2, 0.25) is 5.95 Å². The Morgan fingerprint density at radius 1 is 1.29 bits per heavy atom. The molecule has 24 heavy (non-hydrogen) atoms. The Morgan fingerprint density at radius 3 is 2.79 bits per heavy atom. The van der Waals surface area contributed by atoms with Crippen molar-refractivity contribution >= 4 is 17.0 Å². The topological polar surface area (TPSA) is 66.8 Å². The highest BCUT2D eigenvalue weighted by atomic mass is 19.3. The van der Waals surface area contributed by atoms with Gasteiger partial charge >= 0.3 is 0 Å². The molecule has 1 aliphatic rings. The van der Waals surface area contributed by atoms with E-state index in [0.717, 1.165) is 11.3 Å². The lowest BCUT2D eigenvalue weighted by atomic mass is 10.2. The maximum absolute atomic E-state index is 13.4. The highest BCUT2D eigenvalue weighted by molar-refractivity contribution is 5.74. The number of anilines is 1. The maximum Gasteiger partial charge on any atom is 0.267 e. The van der Waals surface area contributed by atoms with Crippen LogP contribution in [0.5, 0.6) is 0 Å². The van der Waals surface area contributed by atoms with Gasteiger partial charge in [-0.3, -0.25) is 9.78 Å². The SMILES string of the molecule is Cc1ccccc1-n1cc2c(=O)[nH]c(N3CCC(F)(F)C3)nc2n1. The van der Waals surface area contributed by atoms with Gasteiger partial charge in [0.1, 0.15) is 5.39 Å². The second-order valence-corrected chi connectivity index (χ2v) is 6.01. The largest absolute Gasteiger partial charge is 0.336 e. The molecular weight excluding hydrogens is 316 g/mol. The number of nitrogens with one attached hydrogen (secondary N) is 1. The molecule has 1 fully saturated rings. The zero-order valence-electron chi connectivity index (χ0n) is 13.0. The van der Waals surface area contributed by atoms with Crippen LogP contribution in [0.3, 0.4) is 0 Å². The van der Waals surface area contributed by atoms with Crippen molar-refractivity contribution < 1.29 is 8.78 Å². The molecule has 2 aromatic heterocycles. The average molecular weight is 331 g/mol. The van der Waals surface area contributed by atoms with Crippen LogP contribution < -0.4 is 10.5 Å². The van der Waals surface area contributed by atoms with E-state index in [0.29, 0.717) is 5.39 Å². The molecule has 3 heterocycles. The van der Waals surface area contributed by atoms with Crippen molar-refractivity contribution in [3.8, 4) is 5.69 Å². The second kappa shape index (κ2) is 5.12. The first-order valence-corrected chi connectivity index (χ1v) is 7.61. The third-order valence-corrected chi connectivity index (χ3v) is 4.21. The third-order valence-electron chi connectivity index (χ3n) is 4.21. The molecule has 0 saturated carbocycles. The van der Waals surface area contributed by atoms with E-state index in [2.05, 4.69) is 15.1 Å². The molecule has 0 atom stereocenters. The van der Waals surface area contributed by atoms with Crippen LogP contribution in [-0.2, 0) is 0 Å². The lowest BCUT2D eigenvalue weighted by Gasteiger charge is -2.15. The van der Waals surface area contributed by atoms with Gasteiger partial charge in [0.15, 0.2) is 5.65 Å². The highest BCUT2D eigenvalue weighted by Crippen LogP contribution is 2.29. The van der Waals surface area contributed by atoms with Gasteiger partial charge in [0.05, 0.1) is 12.2 Å². The number of halogens is 2. The molecule has 6 nitrogen and oxygen atoms in total. The van der Waals surface area contributed by atoms with Crippen LogP contribution in [0.25, 0.3) is 16.7 Å². The first-order chi connectivity index (χ1) is 11.4. The third kappa shape index (κ3) is 2.44. The van der Waals surface area contributed by atoms with Crippen LogP contribution in [0.15, 0.2) is 35.3 Å². The average Bonchev–Trinajstić information content (AvgIpc) is 3.11. The number of aromatic nitrogens is 4. The second-order valence-electron chi connectivity index (χ2n) is 6.01. The molecule has 3 aromatic rings. The Balaban J connectivity index is 1.79. The van der Waals surface area contributed by atoms with Gasteiger partial charge in [-0.2, -0.15) is 4.98 Å². The van der Waals surface area contributed by atoms with Gasteiger partial charge in [0, 0.05) is 19.2 Å². The lowest BCUT2D eigenvalue weighted by Crippen LogP contribution is -2.28. The van der Waals surface area contributed by atoms with E-state index in [1.54, 1.807) is 10.9 Å². The predicted molar refractivity (Wildman–Crippen MR) is 86.0 cm³/mol. The summed E-state index contributed by atoms with van der Waals surface area (Å²) in [6, 6.07) is 7.62. The van der Waals surface area contributed by atoms with Crippen LogP contribution in [0.4, 0.5) is 14.7 Å². The molecule has 1 aromatic carbocycles. The van der Waals surface area contributed by atoms with Gasteiger partial charge in [0.25, 0.3) is 11.5 Å². The molecule has 4 rings (SSSR count). The summed E-state index contributed by atoms with van der Waals surface area (Å²) in [5.41, 5.74) is 1.70. The first kappa shape index (κ1) is 14.8. The van der Waals surface area contributed by atoms with E-state index in [1.165, 1.54) is 4.90 Å². The van der Waals surface area contributed by atoms with E-state index >= 15 is 0 Å². The van der Waals surface area contributed by atoms with Crippen LogP contribution in [0, 0.1) is 6.92 Å². The number of hydrogen-bond acceptors (Lipinski definition) is 4. The van der Waals surface area contributed by atoms with Crippen molar-refractivity contribution in [2.45, 2.75) is 19.3 Å². The van der Waals surface area contributed by atoms with Gasteiger partial charge < -0.3 is 4.90 Å². The summed E-state index contributed by atoms with van der Waals surface area (Å²) < 4.78 is 28.4. The quantitative estimate of drug-likeness (QED) is 0.782. The van der Waals surface area contributed by atoms with Crippen LogP contribution in [0.2, 0.25) is 0 Å².